The number of benzene rings is 3. The maximum Gasteiger partial charge on any atom is 1.00 e. The summed E-state index contributed by atoms with van der Waals surface area (Å²) in [5.74, 6) is 0.606. The normalized spacial score (nSPS) is 12.5. The molecule has 1 atom stereocenters. The molecule has 0 N–H and O–H groups in total. The Morgan fingerprint density at radius 3 is 1.49 bits per heavy atom. The molecule has 0 heterocycles. The number of methoxy groups -OCH3 is 1. The van der Waals surface area contributed by atoms with Crippen LogP contribution in [0.3, 0.4) is 0 Å². The fraction of sp³-hybridized carbons (Fsp3) is 0.561. The summed E-state index contributed by atoms with van der Waals surface area (Å²) < 4.78 is 85.6. The van der Waals surface area contributed by atoms with E-state index in [1.165, 1.54) is 38.5 Å². The number of unbranched alkanes of at least 4 members (excludes halogenated alkanes) is 9. The van der Waals surface area contributed by atoms with Crippen molar-refractivity contribution in [1.82, 2.24) is 4.90 Å². The molecule has 14 heteroatoms. The monoisotopic (exact) mass is 821 g/mol. The van der Waals surface area contributed by atoms with Gasteiger partial charge in [-0.3, -0.25) is 0 Å². The maximum absolute atomic E-state index is 11.2. The predicted octanol–water partition coefficient (Wildman–Crippen LogP) is 2.12. The van der Waals surface area contributed by atoms with Gasteiger partial charge in [0.05, 0.1) is 40.6 Å². The summed E-state index contributed by atoms with van der Waals surface area (Å²) in [6, 6.07) is 25.8. The van der Waals surface area contributed by atoms with Gasteiger partial charge in [0.15, 0.2) is 0 Å². The van der Waals surface area contributed by atoms with Crippen LogP contribution in [0.5, 0.6) is 11.5 Å². The van der Waals surface area contributed by atoms with Gasteiger partial charge in [-0.2, -0.15) is 0 Å². The summed E-state index contributed by atoms with van der Waals surface area (Å²) in [7, 11) is -7.02. The van der Waals surface area contributed by atoms with E-state index in [1.807, 2.05) is 78.9 Å². The fourth-order valence-corrected chi connectivity index (χ4v) is 7.47. The van der Waals surface area contributed by atoms with Gasteiger partial charge in [-0.05, 0) is 86.1 Å². The topological polar surface area (TPSA) is 145 Å². The first-order valence-electron chi connectivity index (χ1n) is 18.6. The van der Waals surface area contributed by atoms with Crippen LogP contribution < -0.4 is 68.6 Å². The van der Waals surface area contributed by atoms with Crippen LogP contribution in [-0.4, -0.2) is 82.3 Å². The minimum absolute atomic E-state index is 0. The van der Waals surface area contributed by atoms with Crippen LogP contribution in [0, 0.1) is 0 Å². The molecule has 0 aliphatic carbocycles. The fourth-order valence-electron chi connectivity index (χ4n) is 6.35. The first-order valence-corrected chi connectivity index (χ1v) is 21.8. The molecule has 0 spiro atoms. The summed E-state index contributed by atoms with van der Waals surface area (Å²) in [6.07, 6.45) is 11.2. The molecule has 0 saturated carbocycles. The molecule has 0 aliphatic rings. The minimum atomic E-state index is -4.32. The molecule has 1 unspecified atom stereocenters. The third-order valence-corrected chi connectivity index (χ3v) is 10.7. The number of rotatable bonds is 28. The molecule has 3 aromatic rings. The average molecular weight is 822 g/mol. The molecule has 0 amide bonds. The Hall–Kier alpha value is -1.000. The molecule has 10 nitrogen and oxygen atoms in total. The predicted molar refractivity (Wildman–Crippen MR) is 211 cm³/mol. The van der Waals surface area contributed by atoms with Gasteiger partial charge in [-0.25, -0.2) is 16.8 Å². The van der Waals surface area contributed by atoms with Crippen LogP contribution in [0.4, 0.5) is 0 Å². The minimum Gasteiger partial charge on any atom is -0.748 e. The molecule has 298 valence electrons. The van der Waals surface area contributed by atoms with Crippen molar-refractivity contribution in [2.24, 2.45) is 0 Å². The van der Waals surface area contributed by atoms with Gasteiger partial charge in [0.1, 0.15) is 17.1 Å². The Kier molecular flexibility index (Phi) is 28.7. The molecule has 0 aliphatic heterocycles. The molecule has 3 aromatic carbocycles. The van der Waals surface area contributed by atoms with Gasteiger partial charge in [-0.15, -0.1) is 0 Å². The van der Waals surface area contributed by atoms with Gasteiger partial charge in [0.25, 0.3) is 0 Å². The molecule has 55 heavy (non-hydrogen) atoms. The van der Waals surface area contributed by atoms with Crippen molar-refractivity contribution in [3.8, 4) is 11.5 Å². The zero-order valence-electron chi connectivity index (χ0n) is 32.9. The van der Waals surface area contributed by atoms with Gasteiger partial charge in [-0.1, -0.05) is 114 Å². The van der Waals surface area contributed by atoms with Crippen molar-refractivity contribution in [2.75, 3.05) is 51.5 Å². The van der Waals surface area contributed by atoms with Gasteiger partial charge < -0.3 is 28.2 Å². The zero-order valence-corrected chi connectivity index (χ0v) is 38.5. The number of hydrogen-bond acceptors (Lipinski definition) is 10. The Labute approximate surface area is 376 Å². The van der Waals surface area contributed by atoms with Crippen molar-refractivity contribution in [2.45, 2.75) is 97.0 Å². The summed E-state index contributed by atoms with van der Waals surface area (Å²) in [6.45, 7) is 4.56. The van der Waals surface area contributed by atoms with E-state index in [2.05, 4.69) is 11.8 Å². The van der Waals surface area contributed by atoms with E-state index in [0.29, 0.717) is 44.8 Å². The van der Waals surface area contributed by atoms with E-state index in [-0.39, 0.29) is 86.0 Å². The van der Waals surface area contributed by atoms with E-state index in [9.17, 15) is 25.9 Å². The van der Waals surface area contributed by atoms with E-state index in [0.717, 1.165) is 35.3 Å². The largest absolute Gasteiger partial charge is 1.00 e. The molecular weight excluding hydrogens is 761 g/mol. The second-order valence-corrected chi connectivity index (χ2v) is 16.3. The first-order chi connectivity index (χ1) is 25.0. The van der Waals surface area contributed by atoms with Crippen LogP contribution in [0.15, 0.2) is 78.9 Å². The number of hydrogen-bond donors (Lipinski definition) is 0. The average Bonchev–Trinajstić information content (AvgIpc) is 3.12. The van der Waals surface area contributed by atoms with E-state index < -0.39 is 37.3 Å². The summed E-state index contributed by atoms with van der Waals surface area (Å²) in [5, 5.41) is 0. The molecule has 0 radical (unpaired) electrons. The van der Waals surface area contributed by atoms with Crippen molar-refractivity contribution in [3.63, 3.8) is 0 Å². The van der Waals surface area contributed by atoms with Gasteiger partial charge in [0, 0.05) is 18.1 Å². The molecule has 0 bridgehead atoms. The van der Waals surface area contributed by atoms with E-state index in [4.69, 9.17) is 14.2 Å². The van der Waals surface area contributed by atoms with Crippen molar-refractivity contribution < 1.29 is 99.3 Å². The quantitative estimate of drug-likeness (QED) is 0.0463. The molecule has 0 fully saturated rings. The van der Waals surface area contributed by atoms with Crippen LogP contribution in [0.25, 0.3) is 0 Å². The summed E-state index contributed by atoms with van der Waals surface area (Å²) in [5.41, 5.74) is 1.68. The van der Waals surface area contributed by atoms with E-state index in [1.54, 1.807) is 7.11 Å². The summed E-state index contributed by atoms with van der Waals surface area (Å²) in [4.78, 5) is 2.06. The zero-order chi connectivity index (χ0) is 37.7. The Morgan fingerprint density at radius 2 is 1.02 bits per heavy atom. The second kappa shape index (κ2) is 29.2. The van der Waals surface area contributed by atoms with Crippen LogP contribution in [0.1, 0.15) is 108 Å². The molecule has 3 rings (SSSR count). The third kappa shape index (κ3) is 21.0. The maximum atomic E-state index is 11.2. The van der Waals surface area contributed by atoms with Crippen molar-refractivity contribution in [3.05, 3.63) is 95.6 Å². The Morgan fingerprint density at radius 1 is 0.564 bits per heavy atom. The van der Waals surface area contributed by atoms with Crippen LogP contribution in [-0.2, 0) is 30.6 Å². The third-order valence-electron chi connectivity index (χ3n) is 9.17. The number of ether oxygens (including phenoxy) is 3. The SMILES string of the molecule is C.CCCCCCCCCCOc1ccc(C(OCCN(CCCCS(=O)(=O)[O-])CCCCS(=O)(=O)[O-])(c2ccccc2)c2ccc(OC)cc2)cc1.[Na+].[Na+]. The second-order valence-electron chi connectivity index (χ2n) is 13.3. The number of nitrogens with zero attached hydrogens (tertiary/aromatic N) is 1. The van der Waals surface area contributed by atoms with Crippen molar-refractivity contribution in [1.29, 1.82) is 0 Å². The van der Waals surface area contributed by atoms with Crippen LogP contribution >= 0.6 is 0 Å². The van der Waals surface area contributed by atoms with Crippen molar-refractivity contribution >= 4 is 20.2 Å². The molecular formula is C41H61NNa2O9S2. The molecule has 0 saturated heterocycles. The van der Waals surface area contributed by atoms with Gasteiger partial charge in [0.2, 0.25) is 0 Å². The Balaban J connectivity index is 0.00000972. The van der Waals surface area contributed by atoms with Crippen LogP contribution in [0.2, 0.25) is 0 Å². The van der Waals surface area contributed by atoms with Gasteiger partial charge >= 0.3 is 59.1 Å². The van der Waals surface area contributed by atoms with E-state index >= 15 is 0 Å². The molecule has 0 aromatic heterocycles. The first kappa shape index (κ1) is 54.0. The standard InChI is InChI=1S/C40H59NO9S2.CH4.2Na/c1-3-4-5-6-7-8-9-15-31-49-39-26-22-37(23-27-39)40(35-18-11-10-12-19-35,36-20-24-38(48-2)25-21-36)50-32-30-41(28-13-16-33-51(42,43)44)29-14-17-34-52(45,46)47;;;/h10-12,18-27H,3-9,13-17,28-34H2,1-2H3,(H,42,43,44)(H,45,46,47);1H4;;/q;;2*+1/p-2. The smallest absolute Gasteiger partial charge is 0.748 e. The summed E-state index contributed by atoms with van der Waals surface area (Å²) >= 11 is 0. The Bertz CT molecular complexity index is 1590.